The second-order valence-electron chi connectivity index (χ2n) is 5.21. The van der Waals surface area contributed by atoms with E-state index in [1.807, 2.05) is 5.43 Å². The number of anilines is 1. The van der Waals surface area contributed by atoms with Gasteiger partial charge in [-0.05, 0) is 13.0 Å². The van der Waals surface area contributed by atoms with Gasteiger partial charge in [-0.1, -0.05) is 0 Å². The van der Waals surface area contributed by atoms with Gasteiger partial charge in [-0.15, -0.1) is 0 Å². The molecule has 0 aliphatic heterocycles. The second-order valence-corrected chi connectivity index (χ2v) is 5.21. The molecule has 1 aromatic rings. The molecule has 0 radical (unpaired) electrons. The summed E-state index contributed by atoms with van der Waals surface area (Å²) in [6.45, 7) is 0.715. The number of non-ortho nitro benzene ring substituents is 1. The molecule has 0 amide bonds. The van der Waals surface area contributed by atoms with E-state index in [2.05, 4.69) is 5.10 Å². The van der Waals surface area contributed by atoms with Crippen molar-refractivity contribution in [1.82, 2.24) is 0 Å². The minimum atomic E-state index is -6.05. The number of nitro groups is 2. The van der Waals surface area contributed by atoms with Crippen molar-refractivity contribution in [2.75, 3.05) is 5.43 Å². The van der Waals surface area contributed by atoms with Gasteiger partial charge in [0.1, 0.15) is 5.69 Å². The molecule has 150 valence electrons. The normalized spacial score (nSPS) is 13.4. The summed E-state index contributed by atoms with van der Waals surface area (Å²) in [5.74, 6) is 0. The third-order valence-corrected chi connectivity index (χ3v) is 3.21. The minimum Gasteiger partial charge on any atom is -0.373 e. The lowest BCUT2D eigenvalue weighted by molar-refractivity contribution is -0.393. The SMILES string of the molecule is C/C(CC(O)(C(F)(F)F)C(F)(F)F)=N\Nc1ccc([N+](=O)[O-])cc1[N+](=O)[O-]. The molecule has 2 N–H and O–H groups in total. The quantitative estimate of drug-likeness (QED) is 0.323. The minimum absolute atomic E-state index is 0.521. The number of benzene rings is 1. The number of nitrogens with zero attached hydrogens (tertiary/aromatic N) is 3. The number of aliphatic hydroxyl groups is 1. The second kappa shape index (κ2) is 7.34. The van der Waals surface area contributed by atoms with Crippen molar-refractivity contribution in [3.05, 3.63) is 38.4 Å². The zero-order valence-electron chi connectivity index (χ0n) is 13.1. The van der Waals surface area contributed by atoms with Crippen LogP contribution in [0.4, 0.5) is 43.4 Å². The van der Waals surface area contributed by atoms with Crippen LogP contribution in [0.2, 0.25) is 0 Å². The number of rotatable bonds is 6. The first kappa shape index (κ1) is 22.1. The van der Waals surface area contributed by atoms with Crippen LogP contribution in [0.5, 0.6) is 0 Å². The van der Waals surface area contributed by atoms with Crippen molar-refractivity contribution in [2.45, 2.75) is 31.3 Å². The summed E-state index contributed by atoms with van der Waals surface area (Å²) in [5, 5.41) is 33.7. The average molecular weight is 404 g/mol. The van der Waals surface area contributed by atoms with E-state index < -0.39 is 57.0 Å². The molecule has 0 aliphatic carbocycles. The molecule has 0 saturated carbocycles. The summed E-state index contributed by atoms with van der Waals surface area (Å²) >= 11 is 0. The summed E-state index contributed by atoms with van der Waals surface area (Å²) in [6, 6.07) is 2.13. The van der Waals surface area contributed by atoms with Crippen LogP contribution in [0.1, 0.15) is 13.3 Å². The molecule has 0 fully saturated rings. The number of halogens is 6. The lowest BCUT2D eigenvalue weighted by Gasteiger charge is -2.32. The Hall–Kier alpha value is -2.97. The lowest BCUT2D eigenvalue weighted by atomic mass is 9.95. The Morgan fingerprint density at radius 1 is 1.11 bits per heavy atom. The molecule has 1 rings (SSSR count). The van der Waals surface area contributed by atoms with E-state index in [-0.39, 0.29) is 0 Å². The van der Waals surface area contributed by atoms with Gasteiger partial charge in [0.15, 0.2) is 0 Å². The van der Waals surface area contributed by atoms with Crippen LogP contribution in [0.25, 0.3) is 0 Å². The summed E-state index contributed by atoms with van der Waals surface area (Å²) in [5.41, 5.74) is -6.18. The fraction of sp³-hybridized carbons (Fsp3) is 0.417. The van der Waals surface area contributed by atoms with Gasteiger partial charge in [0.05, 0.1) is 15.9 Å². The van der Waals surface area contributed by atoms with Crippen LogP contribution in [-0.4, -0.2) is 38.6 Å². The van der Waals surface area contributed by atoms with E-state index in [1.165, 1.54) is 0 Å². The maximum atomic E-state index is 12.6. The van der Waals surface area contributed by atoms with Crippen molar-refractivity contribution >= 4 is 22.8 Å². The highest BCUT2D eigenvalue weighted by atomic mass is 19.4. The molecule has 0 atom stereocenters. The molecule has 27 heavy (non-hydrogen) atoms. The zero-order valence-corrected chi connectivity index (χ0v) is 13.1. The van der Waals surface area contributed by atoms with Crippen LogP contribution < -0.4 is 5.43 Å². The van der Waals surface area contributed by atoms with E-state index in [0.29, 0.717) is 13.0 Å². The number of nitrogens with one attached hydrogen (secondary N) is 1. The number of hydrogen-bond acceptors (Lipinski definition) is 7. The highest BCUT2D eigenvalue weighted by molar-refractivity contribution is 5.84. The average Bonchev–Trinajstić information content (AvgIpc) is 2.50. The van der Waals surface area contributed by atoms with Crippen molar-refractivity contribution in [3.8, 4) is 0 Å². The monoisotopic (exact) mass is 404 g/mol. The van der Waals surface area contributed by atoms with Crippen LogP contribution in [0, 0.1) is 20.2 Å². The third kappa shape index (κ3) is 4.81. The molecular formula is C12H10F6N4O5. The lowest BCUT2D eigenvalue weighted by Crippen LogP contribution is -2.57. The molecule has 9 nitrogen and oxygen atoms in total. The molecule has 0 bridgehead atoms. The first-order valence-electron chi connectivity index (χ1n) is 6.68. The van der Waals surface area contributed by atoms with Crippen molar-refractivity contribution < 1.29 is 41.3 Å². The number of hydrogen-bond donors (Lipinski definition) is 2. The topological polar surface area (TPSA) is 131 Å². The van der Waals surface area contributed by atoms with Crippen molar-refractivity contribution in [2.24, 2.45) is 5.10 Å². The Bertz CT molecular complexity index is 763. The van der Waals surface area contributed by atoms with Crippen LogP contribution in [-0.2, 0) is 0 Å². The van der Waals surface area contributed by atoms with Crippen LogP contribution in [0.15, 0.2) is 23.3 Å². The Labute approximate surface area is 145 Å². The molecule has 1 aromatic carbocycles. The van der Waals surface area contributed by atoms with Crippen molar-refractivity contribution in [3.63, 3.8) is 0 Å². The standard InChI is InChI=1S/C12H10F6N4O5/c1-6(5-10(23,11(13,14)15)12(16,17)18)19-20-8-3-2-7(21(24)25)4-9(8)22(26)27/h2-4,20,23H,5H2,1H3/b19-6+. The Morgan fingerprint density at radius 2 is 1.63 bits per heavy atom. The molecule has 0 unspecified atom stereocenters. The van der Waals surface area contributed by atoms with Crippen molar-refractivity contribution in [1.29, 1.82) is 0 Å². The van der Waals surface area contributed by atoms with E-state index in [0.717, 1.165) is 12.1 Å². The molecule has 0 spiro atoms. The largest absolute Gasteiger partial charge is 0.426 e. The summed E-state index contributed by atoms with van der Waals surface area (Å²) in [7, 11) is 0. The molecule has 15 heteroatoms. The molecule has 0 aliphatic rings. The first-order valence-corrected chi connectivity index (χ1v) is 6.68. The van der Waals surface area contributed by atoms with Gasteiger partial charge < -0.3 is 5.11 Å². The van der Waals surface area contributed by atoms with E-state index in [9.17, 15) is 46.6 Å². The Balaban J connectivity index is 3.16. The van der Waals surface area contributed by atoms with Gasteiger partial charge in [0.2, 0.25) is 0 Å². The maximum Gasteiger partial charge on any atom is 0.426 e. The van der Waals surface area contributed by atoms with Gasteiger partial charge in [0.25, 0.3) is 11.3 Å². The highest BCUT2D eigenvalue weighted by Gasteiger charge is 2.70. The maximum absolute atomic E-state index is 12.6. The molecule has 0 saturated heterocycles. The van der Waals surface area contributed by atoms with Crippen LogP contribution in [0.3, 0.4) is 0 Å². The number of hydrazone groups is 1. The van der Waals surface area contributed by atoms with Gasteiger partial charge in [-0.25, -0.2) is 0 Å². The highest BCUT2D eigenvalue weighted by Crippen LogP contribution is 2.45. The number of alkyl halides is 6. The summed E-state index contributed by atoms with van der Waals surface area (Å²) in [6.07, 6.45) is -14.1. The first-order chi connectivity index (χ1) is 12.1. The summed E-state index contributed by atoms with van der Waals surface area (Å²) in [4.78, 5) is 19.5. The van der Waals surface area contributed by atoms with E-state index >= 15 is 0 Å². The van der Waals surface area contributed by atoms with Gasteiger partial charge in [-0.2, -0.15) is 31.4 Å². The Morgan fingerprint density at radius 3 is 2.04 bits per heavy atom. The van der Waals surface area contributed by atoms with Gasteiger partial charge in [0, 0.05) is 18.2 Å². The summed E-state index contributed by atoms with van der Waals surface area (Å²) < 4.78 is 75.7. The number of nitro benzene ring substituents is 2. The Kier molecular flexibility index (Phi) is 6.00. The third-order valence-electron chi connectivity index (χ3n) is 3.21. The molecule has 0 heterocycles. The predicted molar refractivity (Wildman–Crippen MR) is 78.2 cm³/mol. The fourth-order valence-corrected chi connectivity index (χ4v) is 1.81. The fourth-order valence-electron chi connectivity index (χ4n) is 1.81. The molecular weight excluding hydrogens is 394 g/mol. The predicted octanol–water partition coefficient (Wildman–Crippen LogP) is 3.54. The zero-order chi connectivity index (χ0) is 21.2. The van der Waals surface area contributed by atoms with Gasteiger partial charge >= 0.3 is 18.0 Å². The smallest absolute Gasteiger partial charge is 0.373 e. The van der Waals surface area contributed by atoms with Crippen LogP contribution >= 0.6 is 0 Å². The molecule has 0 aromatic heterocycles. The van der Waals surface area contributed by atoms with Gasteiger partial charge in [-0.3, -0.25) is 25.7 Å². The van der Waals surface area contributed by atoms with E-state index in [4.69, 9.17) is 5.11 Å². The van der Waals surface area contributed by atoms with E-state index in [1.54, 1.807) is 0 Å².